The van der Waals surface area contributed by atoms with E-state index in [9.17, 15) is 0 Å². The lowest BCUT2D eigenvalue weighted by Gasteiger charge is -2.40. The van der Waals surface area contributed by atoms with Gasteiger partial charge in [0.15, 0.2) is 0 Å². The van der Waals surface area contributed by atoms with Crippen LogP contribution in [-0.2, 0) is 4.74 Å². The molecule has 3 heteroatoms. The van der Waals surface area contributed by atoms with E-state index >= 15 is 0 Å². The summed E-state index contributed by atoms with van der Waals surface area (Å²) in [4.78, 5) is 3.29. The third-order valence-electron chi connectivity index (χ3n) is 4.44. The van der Waals surface area contributed by atoms with Crippen molar-refractivity contribution in [2.45, 2.75) is 51.2 Å². The number of piperazine rings is 1. The van der Waals surface area contributed by atoms with E-state index in [0.717, 1.165) is 19.4 Å². The van der Waals surface area contributed by atoms with Gasteiger partial charge in [0.05, 0.1) is 12.6 Å². The van der Waals surface area contributed by atoms with Crippen molar-refractivity contribution in [3.05, 3.63) is 0 Å². The van der Waals surface area contributed by atoms with Crippen molar-refractivity contribution in [2.75, 3.05) is 39.8 Å². The second-order valence-electron chi connectivity index (χ2n) is 7.13. The first-order valence-electron chi connectivity index (χ1n) is 7.74. The van der Waals surface area contributed by atoms with Crippen LogP contribution < -0.4 is 9.80 Å². The summed E-state index contributed by atoms with van der Waals surface area (Å²) >= 11 is 0. The number of likely N-dealkylation sites (N-methyl/N-ethyl adjacent to an activating group) is 1. The average Bonchev–Trinajstić information content (AvgIpc) is 2.30. The molecule has 0 unspecified atom stereocenters. The van der Waals surface area contributed by atoms with E-state index in [2.05, 4.69) is 39.7 Å². The molecule has 2 aliphatic rings. The molecule has 0 amide bonds. The highest BCUT2D eigenvalue weighted by atomic mass is 16.5. The van der Waals surface area contributed by atoms with Gasteiger partial charge in [-0.3, -0.25) is 0 Å². The highest BCUT2D eigenvalue weighted by Gasteiger charge is 2.36. The number of quaternary nitrogens is 2. The van der Waals surface area contributed by atoms with Crippen LogP contribution >= 0.6 is 0 Å². The van der Waals surface area contributed by atoms with Crippen LogP contribution in [0.4, 0.5) is 0 Å². The van der Waals surface area contributed by atoms with Gasteiger partial charge in [0, 0.05) is 0 Å². The Morgan fingerprint density at radius 2 is 1.74 bits per heavy atom. The molecule has 0 aliphatic carbocycles. The van der Waals surface area contributed by atoms with Crippen LogP contribution in [0.3, 0.4) is 0 Å². The van der Waals surface area contributed by atoms with E-state index in [4.69, 9.17) is 4.74 Å². The van der Waals surface area contributed by atoms with Crippen molar-refractivity contribution in [3.8, 4) is 11.8 Å². The molecular weight excluding hydrogens is 236 g/mol. The summed E-state index contributed by atoms with van der Waals surface area (Å²) in [5.41, 5.74) is -0.231. The minimum atomic E-state index is -0.223. The topological polar surface area (TPSA) is 18.1 Å². The predicted molar refractivity (Wildman–Crippen MR) is 77.4 cm³/mol. The zero-order valence-corrected chi connectivity index (χ0v) is 13.1. The molecule has 0 aromatic heterocycles. The lowest BCUT2D eigenvalue weighted by Crippen LogP contribution is -3.26. The summed E-state index contributed by atoms with van der Waals surface area (Å²) < 4.78 is 6.18. The molecule has 108 valence electrons. The largest absolute Gasteiger partial charge is 0.357 e. The molecule has 0 bridgehead atoms. The Bertz CT molecular complexity index is 361. The Labute approximate surface area is 118 Å². The highest BCUT2D eigenvalue weighted by Crippen LogP contribution is 2.34. The monoisotopic (exact) mass is 266 g/mol. The van der Waals surface area contributed by atoms with E-state index in [1.807, 2.05) is 0 Å². The van der Waals surface area contributed by atoms with Gasteiger partial charge in [-0.05, 0) is 46.0 Å². The lowest BCUT2D eigenvalue weighted by molar-refractivity contribution is -1.000. The number of nitrogens with one attached hydrogen (secondary N) is 2. The summed E-state index contributed by atoms with van der Waals surface area (Å²) in [7, 11) is 2.28. The third kappa shape index (κ3) is 4.49. The van der Waals surface area contributed by atoms with Crippen molar-refractivity contribution in [1.29, 1.82) is 0 Å². The third-order valence-corrected chi connectivity index (χ3v) is 4.44. The molecule has 19 heavy (non-hydrogen) atoms. The molecule has 0 saturated carbocycles. The summed E-state index contributed by atoms with van der Waals surface area (Å²) in [5, 5.41) is 0. The Kier molecular flexibility index (Phi) is 4.55. The van der Waals surface area contributed by atoms with E-state index in [0.29, 0.717) is 0 Å². The maximum Gasteiger partial charge on any atom is 0.139 e. The molecule has 0 spiro atoms. The Morgan fingerprint density at radius 1 is 1.05 bits per heavy atom. The Hall–Kier alpha value is -0.560. The normalized spacial score (nSPS) is 38.3. The minimum Gasteiger partial charge on any atom is -0.357 e. The standard InChI is InChI=1S/C16H28N2O/c1-15(2)7-5-8-16(3,19-15)9-6-10-18-13-11-17(4)12-14-18/h5,7-8,10-14H2,1-4H3/p+2/t16-/m1/s1. The molecule has 2 aliphatic heterocycles. The fourth-order valence-electron chi connectivity index (χ4n) is 3.21. The Balaban J connectivity index is 1.85. The van der Waals surface area contributed by atoms with E-state index < -0.39 is 0 Å². The molecule has 2 N–H and O–H groups in total. The van der Waals surface area contributed by atoms with Crippen LogP contribution in [0.15, 0.2) is 0 Å². The van der Waals surface area contributed by atoms with Crippen molar-refractivity contribution in [1.82, 2.24) is 0 Å². The number of hydrogen-bond donors (Lipinski definition) is 2. The zero-order valence-electron chi connectivity index (χ0n) is 13.1. The van der Waals surface area contributed by atoms with Crippen LogP contribution in [0.1, 0.15) is 40.0 Å². The van der Waals surface area contributed by atoms with Gasteiger partial charge >= 0.3 is 0 Å². The molecular formula is C16H30N2O+2. The van der Waals surface area contributed by atoms with Crippen molar-refractivity contribution < 1.29 is 14.5 Å². The predicted octanol–water partition coefficient (Wildman–Crippen LogP) is -0.859. The average molecular weight is 266 g/mol. The van der Waals surface area contributed by atoms with Gasteiger partial charge in [0.25, 0.3) is 0 Å². The maximum atomic E-state index is 6.18. The van der Waals surface area contributed by atoms with Crippen LogP contribution in [0, 0.1) is 11.8 Å². The van der Waals surface area contributed by atoms with Gasteiger partial charge in [0.1, 0.15) is 38.3 Å². The first kappa shape index (κ1) is 14.8. The molecule has 1 atom stereocenters. The molecule has 2 fully saturated rings. The minimum absolute atomic E-state index is 0.00820. The molecule has 2 rings (SSSR count). The number of hydrogen-bond acceptors (Lipinski definition) is 1. The lowest BCUT2D eigenvalue weighted by atomic mass is 9.88. The van der Waals surface area contributed by atoms with Crippen LogP contribution in [0.25, 0.3) is 0 Å². The second-order valence-corrected chi connectivity index (χ2v) is 7.13. The highest BCUT2D eigenvalue weighted by molar-refractivity contribution is 5.14. The molecule has 0 aromatic rings. The second kappa shape index (κ2) is 5.83. The van der Waals surface area contributed by atoms with Gasteiger partial charge in [-0.2, -0.15) is 0 Å². The molecule has 0 aromatic carbocycles. The summed E-state index contributed by atoms with van der Waals surface area (Å²) in [6, 6.07) is 0. The zero-order chi connectivity index (χ0) is 13.9. The van der Waals surface area contributed by atoms with Crippen molar-refractivity contribution >= 4 is 0 Å². The van der Waals surface area contributed by atoms with E-state index in [1.165, 1.54) is 32.6 Å². The van der Waals surface area contributed by atoms with Gasteiger partial charge in [0.2, 0.25) is 0 Å². The van der Waals surface area contributed by atoms with Crippen LogP contribution in [-0.4, -0.2) is 51.0 Å². The molecule has 2 heterocycles. The smallest absolute Gasteiger partial charge is 0.139 e. The molecule has 0 radical (unpaired) electrons. The van der Waals surface area contributed by atoms with Gasteiger partial charge < -0.3 is 14.5 Å². The van der Waals surface area contributed by atoms with Crippen molar-refractivity contribution in [2.24, 2.45) is 0 Å². The van der Waals surface area contributed by atoms with Gasteiger partial charge in [-0.15, -0.1) is 0 Å². The fourth-order valence-corrected chi connectivity index (χ4v) is 3.21. The first-order chi connectivity index (χ1) is 8.89. The fraction of sp³-hybridized carbons (Fsp3) is 0.875. The Morgan fingerprint density at radius 3 is 2.37 bits per heavy atom. The van der Waals surface area contributed by atoms with Gasteiger partial charge in [-0.25, -0.2) is 0 Å². The molecule has 2 saturated heterocycles. The quantitative estimate of drug-likeness (QED) is 0.591. The number of rotatable bonds is 1. The van der Waals surface area contributed by atoms with Crippen molar-refractivity contribution in [3.63, 3.8) is 0 Å². The van der Waals surface area contributed by atoms with E-state index in [-0.39, 0.29) is 11.2 Å². The molecule has 3 nitrogen and oxygen atoms in total. The van der Waals surface area contributed by atoms with Crippen LogP contribution in [0.5, 0.6) is 0 Å². The van der Waals surface area contributed by atoms with Gasteiger partial charge in [-0.1, -0.05) is 5.92 Å². The summed E-state index contributed by atoms with van der Waals surface area (Å²) in [6.45, 7) is 12.6. The van der Waals surface area contributed by atoms with Crippen LogP contribution in [0.2, 0.25) is 0 Å². The maximum absolute atomic E-state index is 6.18. The SMILES string of the molecule is C[NH+]1CC[NH+](CC#C[C@@]2(C)CCCC(C)(C)O2)CC1. The first-order valence-corrected chi connectivity index (χ1v) is 7.74. The summed E-state index contributed by atoms with van der Waals surface area (Å²) in [5.74, 6) is 6.81. The summed E-state index contributed by atoms with van der Waals surface area (Å²) in [6.07, 6.45) is 3.45. The number of ether oxygens (including phenoxy) is 1. The van der Waals surface area contributed by atoms with E-state index in [1.54, 1.807) is 9.80 Å².